The van der Waals surface area contributed by atoms with Gasteiger partial charge in [-0.25, -0.2) is 0 Å². The maximum absolute atomic E-state index is 12.9. The molecule has 0 radical (unpaired) electrons. The first kappa shape index (κ1) is 15.5. The summed E-state index contributed by atoms with van der Waals surface area (Å²) in [4.78, 5) is 11.2. The van der Waals surface area contributed by atoms with E-state index in [0.717, 1.165) is 6.07 Å². The van der Waals surface area contributed by atoms with Crippen LogP contribution >= 0.6 is 0 Å². The fraction of sp³-hybridized carbons (Fsp3) is 0.417. The number of benzene rings is 1. The summed E-state index contributed by atoms with van der Waals surface area (Å²) >= 11 is 0. The van der Waals surface area contributed by atoms with E-state index in [-0.39, 0.29) is 12.0 Å². The third kappa shape index (κ3) is 3.08. The van der Waals surface area contributed by atoms with E-state index in [0.29, 0.717) is 13.0 Å². The Bertz CT molecular complexity index is 498. The first-order valence-corrected chi connectivity index (χ1v) is 5.31. The number of halogens is 6. The molecule has 0 aliphatic heterocycles. The van der Waals surface area contributed by atoms with Crippen LogP contribution < -0.4 is 0 Å². The van der Waals surface area contributed by atoms with Crippen LogP contribution in [0.25, 0.3) is 0 Å². The van der Waals surface area contributed by atoms with Gasteiger partial charge >= 0.3 is 12.4 Å². The first-order valence-electron chi connectivity index (χ1n) is 5.31. The smallest absolute Gasteiger partial charge is 0.294 e. The number of rotatable bonds is 2. The van der Waals surface area contributed by atoms with Crippen LogP contribution in [0.2, 0.25) is 0 Å². The molecule has 0 aliphatic carbocycles. The molecule has 19 heavy (non-hydrogen) atoms. The van der Waals surface area contributed by atoms with E-state index in [1.54, 1.807) is 0 Å². The Hall–Kier alpha value is -1.53. The minimum Gasteiger partial charge on any atom is -0.294 e. The van der Waals surface area contributed by atoms with E-state index in [1.165, 1.54) is 6.92 Å². The minimum absolute atomic E-state index is 0.118. The maximum Gasteiger partial charge on any atom is 0.417 e. The zero-order chi connectivity index (χ0) is 15.0. The predicted octanol–water partition coefficient (Wildman–Crippen LogP) is 4.49. The SMILES string of the molecule is CCc1ccc(C(F)(F)F)c(C(C)=O)c1C(F)(F)F. The molecular formula is C12H10F6O. The summed E-state index contributed by atoms with van der Waals surface area (Å²) in [6.07, 6.45) is -10.1. The summed E-state index contributed by atoms with van der Waals surface area (Å²) < 4.78 is 76.8. The Balaban J connectivity index is 3.79. The molecule has 0 atom stereocenters. The number of carbonyl (C=O) groups is 1. The van der Waals surface area contributed by atoms with Crippen molar-refractivity contribution in [2.24, 2.45) is 0 Å². The average Bonchev–Trinajstić information content (AvgIpc) is 2.24. The van der Waals surface area contributed by atoms with Crippen molar-refractivity contribution >= 4 is 5.78 Å². The molecule has 0 unspecified atom stereocenters. The molecule has 0 N–H and O–H groups in total. The molecule has 0 heterocycles. The van der Waals surface area contributed by atoms with Crippen LogP contribution in [0.5, 0.6) is 0 Å². The van der Waals surface area contributed by atoms with Crippen LogP contribution in [0.1, 0.15) is 40.9 Å². The molecule has 106 valence electrons. The van der Waals surface area contributed by atoms with E-state index in [1.807, 2.05) is 0 Å². The van der Waals surface area contributed by atoms with E-state index in [2.05, 4.69) is 0 Å². The lowest BCUT2D eigenvalue weighted by Crippen LogP contribution is -2.21. The third-order valence-electron chi connectivity index (χ3n) is 2.61. The van der Waals surface area contributed by atoms with Crippen LogP contribution in [0, 0.1) is 0 Å². The molecule has 1 aromatic carbocycles. The molecule has 0 amide bonds. The fourth-order valence-corrected chi connectivity index (χ4v) is 1.87. The molecule has 0 aromatic heterocycles. The van der Waals surface area contributed by atoms with Crippen LogP contribution in [-0.2, 0) is 18.8 Å². The normalized spacial score (nSPS) is 12.6. The van der Waals surface area contributed by atoms with Crippen molar-refractivity contribution in [1.29, 1.82) is 0 Å². The van der Waals surface area contributed by atoms with Crippen molar-refractivity contribution in [3.63, 3.8) is 0 Å². The maximum atomic E-state index is 12.9. The molecule has 0 spiro atoms. The van der Waals surface area contributed by atoms with Gasteiger partial charge in [-0.05, 0) is 25.0 Å². The number of aryl methyl sites for hydroxylation is 1. The van der Waals surface area contributed by atoms with Gasteiger partial charge < -0.3 is 0 Å². The van der Waals surface area contributed by atoms with Gasteiger partial charge in [-0.2, -0.15) is 26.3 Å². The summed E-state index contributed by atoms with van der Waals surface area (Å²) in [7, 11) is 0. The molecule has 1 rings (SSSR count). The van der Waals surface area contributed by atoms with Crippen LogP contribution in [0.3, 0.4) is 0 Å². The molecule has 1 nitrogen and oxygen atoms in total. The number of ketones is 1. The van der Waals surface area contributed by atoms with Gasteiger partial charge in [0.15, 0.2) is 5.78 Å². The average molecular weight is 284 g/mol. The molecule has 1 aromatic rings. The number of hydrogen-bond donors (Lipinski definition) is 0. The second-order valence-corrected chi connectivity index (χ2v) is 3.93. The Morgan fingerprint density at radius 2 is 1.58 bits per heavy atom. The summed E-state index contributed by atoms with van der Waals surface area (Å²) in [5, 5.41) is 0. The van der Waals surface area contributed by atoms with E-state index in [4.69, 9.17) is 0 Å². The van der Waals surface area contributed by atoms with Gasteiger partial charge in [0, 0.05) is 5.56 Å². The number of hydrogen-bond acceptors (Lipinski definition) is 1. The van der Waals surface area contributed by atoms with Gasteiger partial charge in [0.1, 0.15) is 0 Å². The van der Waals surface area contributed by atoms with Crippen LogP contribution in [-0.4, -0.2) is 5.78 Å². The quantitative estimate of drug-likeness (QED) is 0.577. The Morgan fingerprint density at radius 3 is 1.89 bits per heavy atom. The topological polar surface area (TPSA) is 17.1 Å². The third-order valence-corrected chi connectivity index (χ3v) is 2.61. The molecule has 7 heteroatoms. The minimum atomic E-state index is -5.01. The van der Waals surface area contributed by atoms with E-state index >= 15 is 0 Å². The second kappa shape index (κ2) is 4.86. The lowest BCUT2D eigenvalue weighted by molar-refractivity contribution is -0.144. The Labute approximate surface area is 105 Å². The monoisotopic (exact) mass is 284 g/mol. The molecular weight excluding hydrogens is 274 g/mol. The second-order valence-electron chi connectivity index (χ2n) is 3.93. The van der Waals surface area contributed by atoms with Crippen LogP contribution in [0.4, 0.5) is 26.3 Å². The van der Waals surface area contributed by atoms with Gasteiger partial charge in [0.05, 0.1) is 11.1 Å². The van der Waals surface area contributed by atoms with Crippen molar-refractivity contribution in [2.45, 2.75) is 32.6 Å². The van der Waals surface area contributed by atoms with Crippen molar-refractivity contribution < 1.29 is 31.1 Å². The Kier molecular flexibility index (Phi) is 3.97. The van der Waals surface area contributed by atoms with Gasteiger partial charge in [-0.3, -0.25) is 4.79 Å². The van der Waals surface area contributed by atoms with Crippen molar-refractivity contribution in [2.75, 3.05) is 0 Å². The van der Waals surface area contributed by atoms with Gasteiger partial charge in [0.2, 0.25) is 0 Å². The summed E-state index contributed by atoms with van der Waals surface area (Å²) in [5.74, 6) is -1.25. The van der Waals surface area contributed by atoms with Gasteiger partial charge in [-0.1, -0.05) is 13.0 Å². The van der Waals surface area contributed by atoms with Crippen LogP contribution in [0.15, 0.2) is 12.1 Å². The molecule has 0 saturated heterocycles. The highest BCUT2D eigenvalue weighted by Crippen LogP contribution is 2.41. The highest BCUT2D eigenvalue weighted by atomic mass is 19.4. The van der Waals surface area contributed by atoms with Gasteiger partial charge in [0.25, 0.3) is 0 Å². The number of alkyl halides is 6. The van der Waals surface area contributed by atoms with E-state index < -0.39 is 34.8 Å². The van der Waals surface area contributed by atoms with Crippen molar-refractivity contribution in [3.05, 3.63) is 34.4 Å². The molecule has 0 bridgehead atoms. The number of Topliss-reactive ketones (excluding diaryl/α,β-unsaturated/α-hetero) is 1. The standard InChI is InChI=1S/C12H10F6O/c1-3-7-4-5-8(11(13,14)15)9(6(2)19)10(7)12(16,17)18/h4-5H,3H2,1-2H3. The fourth-order valence-electron chi connectivity index (χ4n) is 1.87. The lowest BCUT2D eigenvalue weighted by Gasteiger charge is -2.19. The van der Waals surface area contributed by atoms with Crippen molar-refractivity contribution in [3.8, 4) is 0 Å². The van der Waals surface area contributed by atoms with Crippen molar-refractivity contribution in [1.82, 2.24) is 0 Å². The summed E-state index contributed by atoms with van der Waals surface area (Å²) in [5.41, 5.74) is -4.67. The Morgan fingerprint density at radius 1 is 1.05 bits per heavy atom. The predicted molar refractivity (Wildman–Crippen MR) is 55.8 cm³/mol. The van der Waals surface area contributed by atoms with Gasteiger partial charge in [-0.15, -0.1) is 0 Å². The summed E-state index contributed by atoms with van der Waals surface area (Å²) in [6, 6.07) is 1.28. The first-order chi connectivity index (χ1) is 8.50. The van der Waals surface area contributed by atoms with E-state index in [9.17, 15) is 31.1 Å². The molecule has 0 saturated carbocycles. The summed E-state index contributed by atoms with van der Waals surface area (Å²) in [6.45, 7) is 2.07. The highest BCUT2D eigenvalue weighted by molar-refractivity contribution is 5.98. The zero-order valence-corrected chi connectivity index (χ0v) is 10.0. The largest absolute Gasteiger partial charge is 0.417 e. The molecule has 0 aliphatic rings. The zero-order valence-electron chi connectivity index (χ0n) is 10.0. The molecule has 0 fully saturated rings. The lowest BCUT2D eigenvalue weighted by atomic mass is 9.91. The highest BCUT2D eigenvalue weighted by Gasteiger charge is 2.43. The number of carbonyl (C=O) groups excluding carboxylic acids is 1.